The lowest BCUT2D eigenvalue weighted by Gasteiger charge is -2.34. The third kappa shape index (κ3) is 6.03. The molecule has 0 aromatic heterocycles. The molecule has 0 atom stereocenters. The Morgan fingerprint density at radius 2 is 1.00 bits per heavy atom. The first-order valence-electron chi connectivity index (χ1n) is 10.6. The Bertz CT molecular complexity index is 963. The van der Waals surface area contributed by atoms with E-state index in [9.17, 15) is 19.2 Å². The number of hydrogen-bond donors (Lipinski definition) is 0. The summed E-state index contributed by atoms with van der Waals surface area (Å²) < 4.78 is 20.5. The van der Waals surface area contributed by atoms with E-state index in [0.717, 1.165) is 0 Å². The summed E-state index contributed by atoms with van der Waals surface area (Å²) in [5.41, 5.74) is 0.465. The maximum Gasteiger partial charge on any atom is 0.342 e. The van der Waals surface area contributed by atoms with E-state index in [1.165, 1.54) is 24.0 Å². The van der Waals surface area contributed by atoms with E-state index in [-0.39, 0.29) is 49.1 Å². The maximum absolute atomic E-state index is 12.4. The average molecular weight is 470 g/mol. The minimum atomic E-state index is -0.656. The van der Waals surface area contributed by atoms with E-state index in [4.69, 9.17) is 18.9 Å². The lowest BCUT2D eigenvalue weighted by Crippen LogP contribution is -2.52. The lowest BCUT2D eigenvalue weighted by molar-refractivity contribution is -0.142. The van der Waals surface area contributed by atoms with Crippen LogP contribution in [0.4, 0.5) is 0 Å². The number of piperazine rings is 1. The second kappa shape index (κ2) is 11.7. The molecule has 2 aromatic rings. The number of carbonyl (C=O) groups excluding carboxylic acids is 4. The van der Waals surface area contributed by atoms with Crippen LogP contribution in [-0.2, 0) is 19.1 Å². The molecular formula is C24H26N2O8. The second-order valence-corrected chi connectivity index (χ2v) is 7.31. The predicted molar refractivity (Wildman–Crippen MR) is 120 cm³/mol. The van der Waals surface area contributed by atoms with Crippen molar-refractivity contribution in [2.45, 2.75) is 0 Å². The average Bonchev–Trinajstić information content (AvgIpc) is 2.89. The van der Waals surface area contributed by atoms with Crippen molar-refractivity contribution in [1.29, 1.82) is 0 Å². The molecule has 1 saturated heterocycles. The fourth-order valence-corrected chi connectivity index (χ4v) is 3.42. The molecule has 0 bridgehead atoms. The van der Waals surface area contributed by atoms with Gasteiger partial charge in [-0.25, -0.2) is 9.59 Å². The Labute approximate surface area is 196 Å². The Hall–Kier alpha value is -4.08. The molecule has 1 aliphatic heterocycles. The summed E-state index contributed by atoms with van der Waals surface area (Å²) in [6.07, 6.45) is 0. The van der Waals surface area contributed by atoms with E-state index in [2.05, 4.69) is 0 Å². The molecule has 1 heterocycles. The van der Waals surface area contributed by atoms with E-state index in [1.807, 2.05) is 0 Å². The highest BCUT2D eigenvalue weighted by Gasteiger charge is 2.26. The summed E-state index contributed by atoms with van der Waals surface area (Å²) in [6, 6.07) is 13.1. The summed E-state index contributed by atoms with van der Waals surface area (Å²) in [5, 5.41) is 0. The van der Waals surface area contributed by atoms with Crippen LogP contribution in [0.5, 0.6) is 11.5 Å². The summed E-state index contributed by atoms with van der Waals surface area (Å²) in [7, 11) is 2.88. The van der Waals surface area contributed by atoms with E-state index in [1.54, 1.807) is 48.5 Å². The van der Waals surface area contributed by atoms with Crippen molar-refractivity contribution in [2.75, 3.05) is 53.6 Å². The Kier molecular flexibility index (Phi) is 8.44. The number of esters is 2. The monoisotopic (exact) mass is 470 g/mol. The number of ether oxygens (including phenoxy) is 4. The molecule has 0 radical (unpaired) electrons. The topological polar surface area (TPSA) is 112 Å². The van der Waals surface area contributed by atoms with Gasteiger partial charge in [-0.15, -0.1) is 0 Å². The first-order chi connectivity index (χ1) is 16.4. The number of methoxy groups -OCH3 is 2. The van der Waals surface area contributed by atoms with Gasteiger partial charge in [0.15, 0.2) is 13.2 Å². The molecule has 2 amide bonds. The molecule has 1 aliphatic rings. The first kappa shape index (κ1) is 24.6. The Balaban J connectivity index is 1.42. The highest BCUT2D eigenvalue weighted by molar-refractivity contribution is 5.94. The number of carbonyl (C=O) groups is 4. The van der Waals surface area contributed by atoms with Crippen LogP contribution in [0, 0.1) is 0 Å². The minimum Gasteiger partial charge on any atom is -0.496 e. The maximum atomic E-state index is 12.4. The van der Waals surface area contributed by atoms with Crippen molar-refractivity contribution in [3.8, 4) is 11.5 Å². The van der Waals surface area contributed by atoms with Gasteiger partial charge in [-0.2, -0.15) is 0 Å². The zero-order valence-electron chi connectivity index (χ0n) is 19.0. The highest BCUT2D eigenvalue weighted by atomic mass is 16.5. The van der Waals surface area contributed by atoms with Crippen LogP contribution < -0.4 is 9.47 Å². The van der Waals surface area contributed by atoms with Gasteiger partial charge in [0.1, 0.15) is 22.6 Å². The minimum absolute atomic E-state index is 0.232. The summed E-state index contributed by atoms with van der Waals surface area (Å²) in [5.74, 6) is -1.32. The summed E-state index contributed by atoms with van der Waals surface area (Å²) in [4.78, 5) is 52.4. The van der Waals surface area contributed by atoms with Gasteiger partial charge >= 0.3 is 11.9 Å². The van der Waals surface area contributed by atoms with Crippen LogP contribution in [0.25, 0.3) is 0 Å². The molecule has 0 unspecified atom stereocenters. The Morgan fingerprint density at radius 1 is 0.647 bits per heavy atom. The standard InChI is InChI=1S/C24H26N2O8/c1-31-19-9-5-3-7-17(19)23(29)33-15-21(27)25-11-13-26(14-12-25)22(28)16-34-24(30)18-8-4-6-10-20(18)32-2/h3-10H,11-16H2,1-2H3. The smallest absolute Gasteiger partial charge is 0.342 e. The van der Waals surface area contributed by atoms with Crippen LogP contribution in [0.3, 0.4) is 0 Å². The first-order valence-corrected chi connectivity index (χ1v) is 10.6. The molecule has 1 fully saturated rings. The number of benzene rings is 2. The molecule has 10 nitrogen and oxygen atoms in total. The molecule has 0 spiro atoms. The van der Waals surface area contributed by atoms with Gasteiger partial charge in [-0.05, 0) is 24.3 Å². The molecule has 0 N–H and O–H groups in total. The van der Waals surface area contributed by atoms with Gasteiger partial charge in [0, 0.05) is 26.2 Å². The summed E-state index contributed by atoms with van der Waals surface area (Å²) in [6.45, 7) is 0.269. The van der Waals surface area contributed by atoms with Gasteiger partial charge in [0.2, 0.25) is 0 Å². The fraction of sp³-hybridized carbons (Fsp3) is 0.333. The highest BCUT2D eigenvalue weighted by Crippen LogP contribution is 2.19. The third-order valence-electron chi connectivity index (χ3n) is 5.29. The molecule has 0 saturated carbocycles. The zero-order valence-corrected chi connectivity index (χ0v) is 19.0. The molecule has 3 rings (SSSR count). The van der Waals surface area contributed by atoms with Gasteiger partial charge < -0.3 is 28.7 Å². The number of amides is 2. The van der Waals surface area contributed by atoms with Crippen molar-refractivity contribution >= 4 is 23.8 Å². The van der Waals surface area contributed by atoms with Gasteiger partial charge in [0.05, 0.1) is 14.2 Å². The van der Waals surface area contributed by atoms with Crippen molar-refractivity contribution in [2.24, 2.45) is 0 Å². The molecule has 180 valence electrons. The van der Waals surface area contributed by atoms with E-state index < -0.39 is 25.2 Å². The van der Waals surface area contributed by atoms with Crippen molar-refractivity contribution in [3.05, 3.63) is 59.7 Å². The van der Waals surface area contributed by atoms with Crippen LogP contribution >= 0.6 is 0 Å². The van der Waals surface area contributed by atoms with Gasteiger partial charge in [-0.3, -0.25) is 9.59 Å². The number of para-hydroxylation sites is 2. The van der Waals surface area contributed by atoms with Crippen molar-refractivity contribution in [3.63, 3.8) is 0 Å². The fourth-order valence-electron chi connectivity index (χ4n) is 3.42. The largest absolute Gasteiger partial charge is 0.496 e. The summed E-state index contributed by atoms with van der Waals surface area (Å²) >= 11 is 0. The van der Waals surface area contributed by atoms with Crippen LogP contribution in [0.15, 0.2) is 48.5 Å². The van der Waals surface area contributed by atoms with Crippen molar-refractivity contribution in [1.82, 2.24) is 9.80 Å². The third-order valence-corrected chi connectivity index (χ3v) is 5.29. The number of hydrogen-bond acceptors (Lipinski definition) is 8. The van der Waals surface area contributed by atoms with Crippen LogP contribution in [0.1, 0.15) is 20.7 Å². The van der Waals surface area contributed by atoms with E-state index >= 15 is 0 Å². The molecule has 0 aliphatic carbocycles. The lowest BCUT2D eigenvalue weighted by atomic mass is 10.2. The van der Waals surface area contributed by atoms with E-state index in [0.29, 0.717) is 11.5 Å². The van der Waals surface area contributed by atoms with Gasteiger partial charge in [-0.1, -0.05) is 24.3 Å². The van der Waals surface area contributed by atoms with Gasteiger partial charge in [0.25, 0.3) is 11.8 Å². The molecule has 34 heavy (non-hydrogen) atoms. The predicted octanol–water partition coefficient (Wildman–Crippen LogP) is 1.39. The van der Waals surface area contributed by atoms with Crippen molar-refractivity contribution < 1.29 is 38.1 Å². The molecular weight excluding hydrogens is 444 g/mol. The zero-order chi connectivity index (χ0) is 24.5. The molecule has 2 aromatic carbocycles. The number of rotatable bonds is 8. The van der Waals surface area contributed by atoms with Crippen LogP contribution in [-0.4, -0.2) is 87.2 Å². The van der Waals surface area contributed by atoms with Crippen LogP contribution in [0.2, 0.25) is 0 Å². The quantitative estimate of drug-likeness (QED) is 0.532. The number of nitrogens with zero attached hydrogens (tertiary/aromatic N) is 2. The SMILES string of the molecule is COc1ccccc1C(=O)OCC(=O)N1CCN(C(=O)COC(=O)c2ccccc2OC)CC1. The second-order valence-electron chi connectivity index (χ2n) is 7.31. The molecule has 10 heteroatoms. The normalized spacial score (nSPS) is 13.1. The Morgan fingerprint density at radius 3 is 1.35 bits per heavy atom.